The Balaban J connectivity index is 2.33. The average Bonchev–Trinajstić information content (AvgIpc) is 2.34. The fraction of sp³-hybridized carbons (Fsp3) is 0.273. The fourth-order valence-corrected chi connectivity index (χ4v) is 1.72. The van der Waals surface area contributed by atoms with Crippen molar-refractivity contribution in [2.75, 3.05) is 18.8 Å². The first-order valence-corrected chi connectivity index (χ1v) is 5.91. The summed E-state index contributed by atoms with van der Waals surface area (Å²) < 4.78 is 0. The van der Waals surface area contributed by atoms with E-state index in [0.29, 0.717) is 18.7 Å². The summed E-state index contributed by atoms with van der Waals surface area (Å²) in [6, 6.07) is 8.89. The highest BCUT2D eigenvalue weighted by Crippen LogP contribution is 2.11. The third-order valence-electron chi connectivity index (χ3n) is 1.81. The molecule has 1 amide bonds. The van der Waals surface area contributed by atoms with Crippen molar-refractivity contribution in [3.05, 3.63) is 35.9 Å². The van der Waals surface area contributed by atoms with Gasteiger partial charge in [0, 0.05) is 18.7 Å². The topological polar surface area (TPSA) is 72.2 Å². The van der Waals surface area contributed by atoms with E-state index in [0.717, 1.165) is 11.8 Å². The van der Waals surface area contributed by atoms with E-state index in [1.807, 2.05) is 6.07 Å². The lowest BCUT2D eigenvalue weighted by molar-refractivity contribution is -0.118. The molecule has 3 N–H and O–H groups in total. The van der Waals surface area contributed by atoms with E-state index in [4.69, 9.17) is 5.73 Å². The SMILES string of the molecule is NCCNC(=O)CSC(=O)c1ccccc1. The molecule has 0 bridgehead atoms. The number of nitrogens with two attached hydrogens (primary N) is 1. The molecule has 0 aromatic heterocycles. The van der Waals surface area contributed by atoms with E-state index >= 15 is 0 Å². The lowest BCUT2D eigenvalue weighted by atomic mass is 10.2. The molecule has 0 aliphatic heterocycles. The maximum Gasteiger partial charge on any atom is 0.230 e. The van der Waals surface area contributed by atoms with Crippen molar-refractivity contribution in [1.29, 1.82) is 0 Å². The van der Waals surface area contributed by atoms with Gasteiger partial charge in [0.25, 0.3) is 0 Å². The second-order valence-corrected chi connectivity index (χ2v) is 4.03. The minimum atomic E-state index is -0.167. The number of carbonyl (C=O) groups is 2. The van der Waals surface area contributed by atoms with Crippen LogP contribution in [-0.4, -0.2) is 29.9 Å². The minimum absolute atomic E-state index is 0.0940. The third kappa shape index (κ3) is 4.46. The molecule has 1 aromatic carbocycles. The minimum Gasteiger partial charge on any atom is -0.354 e. The van der Waals surface area contributed by atoms with Gasteiger partial charge in [-0.3, -0.25) is 9.59 Å². The smallest absolute Gasteiger partial charge is 0.230 e. The van der Waals surface area contributed by atoms with Crippen LogP contribution in [0.1, 0.15) is 10.4 Å². The highest BCUT2D eigenvalue weighted by Gasteiger charge is 2.08. The van der Waals surface area contributed by atoms with E-state index in [-0.39, 0.29) is 16.8 Å². The van der Waals surface area contributed by atoms with Gasteiger partial charge >= 0.3 is 0 Å². The monoisotopic (exact) mass is 238 g/mol. The molecule has 0 fully saturated rings. The Labute approximate surface area is 98.6 Å². The Morgan fingerprint density at radius 1 is 1.25 bits per heavy atom. The summed E-state index contributed by atoms with van der Waals surface area (Å²) in [5.41, 5.74) is 5.85. The number of rotatable bonds is 5. The molecule has 0 atom stereocenters. The van der Waals surface area contributed by atoms with E-state index in [9.17, 15) is 9.59 Å². The molecule has 1 rings (SSSR count). The zero-order valence-corrected chi connectivity index (χ0v) is 9.63. The summed E-state index contributed by atoms with van der Waals surface area (Å²) >= 11 is 0.996. The van der Waals surface area contributed by atoms with Crippen molar-refractivity contribution >= 4 is 22.8 Å². The van der Waals surface area contributed by atoms with Crippen LogP contribution in [0.15, 0.2) is 30.3 Å². The Kier molecular flexibility index (Phi) is 5.60. The van der Waals surface area contributed by atoms with Gasteiger partial charge in [0.1, 0.15) is 0 Å². The molecule has 0 radical (unpaired) electrons. The van der Waals surface area contributed by atoms with Crippen molar-refractivity contribution in [2.24, 2.45) is 5.73 Å². The zero-order chi connectivity index (χ0) is 11.8. The largest absolute Gasteiger partial charge is 0.354 e. The van der Waals surface area contributed by atoms with Gasteiger partial charge in [-0.1, -0.05) is 42.1 Å². The normalized spacial score (nSPS) is 9.81. The number of hydrogen-bond acceptors (Lipinski definition) is 4. The summed E-state index contributed by atoms with van der Waals surface area (Å²) in [7, 11) is 0. The van der Waals surface area contributed by atoms with Gasteiger partial charge < -0.3 is 11.1 Å². The predicted molar refractivity (Wildman–Crippen MR) is 65.3 cm³/mol. The molecule has 1 aromatic rings. The number of amides is 1. The van der Waals surface area contributed by atoms with Crippen LogP contribution in [0.25, 0.3) is 0 Å². The number of thioether (sulfide) groups is 1. The van der Waals surface area contributed by atoms with Gasteiger partial charge in [-0.05, 0) is 0 Å². The first-order valence-electron chi connectivity index (χ1n) is 4.93. The maximum absolute atomic E-state index is 11.6. The van der Waals surface area contributed by atoms with Crippen molar-refractivity contribution in [3.8, 4) is 0 Å². The Bertz CT molecular complexity index is 354. The third-order valence-corrected chi connectivity index (χ3v) is 2.71. The van der Waals surface area contributed by atoms with Crippen LogP contribution in [0, 0.1) is 0 Å². The second-order valence-electron chi connectivity index (χ2n) is 3.08. The Morgan fingerprint density at radius 2 is 1.94 bits per heavy atom. The summed E-state index contributed by atoms with van der Waals surface area (Å²) in [5, 5.41) is 2.51. The molecule has 0 unspecified atom stereocenters. The molecule has 0 spiro atoms. The van der Waals surface area contributed by atoms with Crippen LogP contribution >= 0.6 is 11.8 Å². The lowest BCUT2D eigenvalue weighted by Crippen LogP contribution is -2.30. The molecule has 4 nitrogen and oxygen atoms in total. The Morgan fingerprint density at radius 3 is 2.56 bits per heavy atom. The van der Waals surface area contributed by atoms with Crippen molar-refractivity contribution in [2.45, 2.75) is 0 Å². The fourth-order valence-electron chi connectivity index (χ4n) is 1.05. The molecule has 16 heavy (non-hydrogen) atoms. The van der Waals surface area contributed by atoms with Crippen LogP contribution in [0.5, 0.6) is 0 Å². The molecule has 0 heterocycles. The highest BCUT2D eigenvalue weighted by molar-refractivity contribution is 8.14. The Hall–Kier alpha value is -1.33. The number of benzene rings is 1. The molecular formula is C11H14N2O2S. The molecular weight excluding hydrogens is 224 g/mol. The average molecular weight is 238 g/mol. The summed E-state index contributed by atoms with van der Waals surface area (Å²) in [6.45, 7) is 0.849. The van der Waals surface area contributed by atoms with Crippen molar-refractivity contribution in [1.82, 2.24) is 5.32 Å². The molecule has 5 heteroatoms. The second kappa shape index (κ2) is 7.03. The van der Waals surface area contributed by atoms with E-state index in [1.165, 1.54) is 0 Å². The molecule has 0 aliphatic carbocycles. The van der Waals surface area contributed by atoms with Gasteiger partial charge in [0.05, 0.1) is 5.75 Å². The number of carbonyl (C=O) groups excluding carboxylic acids is 2. The summed E-state index contributed by atoms with van der Waals surface area (Å²) in [5.74, 6) is -0.0342. The van der Waals surface area contributed by atoms with Gasteiger partial charge in [-0.15, -0.1) is 0 Å². The molecule has 0 aliphatic rings. The summed E-state index contributed by atoms with van der Waals surface area (Å²) in [6.07, 6.45) is 0. The van der Waals surface area contributed by atoms with Crippen molar-refractivity contribution in [3.63, 3.8) is 0 Å². The first-order chi connectivity index (χ1) is 7.74. The van der Waals surface area contributed by atoms with Crippen LogP contribution in [0.3, 0.4) is 0 Å². The van der Waals surface area contributed by atoms with E-state index < -0.39 is 0 Å². The lowest BCUT2D eigenvalue weighted by Gasteiger charge is -2.02. The van der Waals surface area contributed by atoms with Crippen LogP contribution in [-0.2, 0) is 4.79 Å². The van der Waals surface area contributed by atoms with Crippen LogP contribution in [0.2, 0.25) is 0 Å². The van der Waals surface area contributed by atoms with E-state index in [1.54, 1.807) is 24.3 Å². The van der Waals surface area contributed by atoms with Gasteiger partial charge in [0.15, 0.2) is 0 Å². The standard InChI is InChI=1S/C11H14N2O2S/c12-6-7-13-10(14)8-16-11(15)9-4-2-1-3-5-9/h1-5H,6-8,12H2,(H,13,14). The maximum atomic E-state index is 11.6. The summed E-state index contributed by atoms with van der Waals surface area (Å²) in [4.78, 5) is 22.8. The van der Waals surface area contributed by atoms with Crippen LogP contribution in [0.4, 0.5) is 0 Å². The molecule has 0 saturated carbocycles. The quantitative estimate of drug-likeness (QED) is 0.789. The first kappa shape index (κ1) is 12.7. The molecule has 0 saturated heterocycles. The highest BCUT2D eigenvalue weighted by atomic mass is 32.2. The number of hydrogen-bond donors (Lipinski definition) is 2. The molecule has 86 valence electrons. The van der Waals surface area contributed by atoms with Gasteiger partial charge in [-0.2, -0.15) is 0 Å². The number of nitrogens with one attached hydrogen (secondary N) is 1. The van der Waals surface area contributed by atoms with Crippen molar-refractivity contribution < 1.29 is 9.59 Å². The predicted octanol–water partition coefficient (Wildman–Crippen LogP) is 0.635. The van der Waals surface area contributed by atoms with Crippen LogP contribution < -0.4 is 11.1 Å². The zero-order valence-electron chi connectivity index (χ0n) is 8.81. The van der Waals surface area contributed by atoms with Gasteiger partial charge in [-0.25, -0.2) is 0 Å². The van der Waals surface area contributed by atoms with Gasteiger partial charge in [0.2, 0.25) is 11.0 Å². The van der Waals surface area contributed by atoms with E-state index in [2.05, 4.69) is 5.32 Å².